The topological polar surface area (TPSA) is 49.9 Å². The fourth-order valence-electron chi connectivity index (χ4n) is 3.36. The van der Waals surface area contributed by atoms with E-state index in [1.54, 1.807) is 11.0 Å². The Kier molecular flexibility index (Phi) is 5.63. The minimum absolute atomic E-state index is 0.0745. The molecule has 0 saturated carbocycles. The van der Waals surface area contributed by atoms with Gasteiger partial charge in [-0.05, 0) is 25.0 Å². The first-order chi connectivity index (χ1) is 12.1. The van der Waals surface area contributed by atoms with Crippen LogP contribution >= 0.6 is 0 Å². The summed E-state index contributed by atoms with van der Waals surface area (Å²) in [5, 5.41) is 0. The molecule has 0 aromatic heterocycles. The number of carbonyl (C=O) groups excluding carboxylic acids is 2. The molecule has 2 saturated heterocycles. The minimum Gasteiger partial charge on any atom is -0.378 e. The molecule has 7 heteroatoms. The second-order valence-corrected chi connectivity index (χ2v) is 6.43. The zero-order chi connectivity index (χ0) is 17.8. The molecule has 5 nitrogen and oxygen atoms in total. The number of carbonyl (C=O) groups is 2. The lowest BCUT2D eigenvalue weighted by atomic mass is 9.94. The average Bonchev–Trinajstić information content (AvgIpc) is 2.67. The Morgan fingerprint density at radius 2 is 1.72 bits per heavy atom. The highest BCUT2D eigenvalue weighted by molar-refractivity contribution is 5.94. The van der Waals surface area contributed by atoms with Gasteiger partial charge in [-0.15, -0.1) is 0 Å². The Balaban J connectivity index is 1.57. The molecule has 3 rings (SSSR count). The fourth-order valence-corrected chi connectivity index (χ4v) is 3.36. The largest absolute Gasteiger partial charge is 0.378 e. The minimum atomic E-state index is -2.59. The number of amides is 2. The maximum absolute atomic E-state index is 12.8. The normalized spacial score (nSPS) is 19.3. The first kappa shape index (κ1) is 17.8. The molecule has 2 amide bonds. The van der Waals surface area contributed by atoms with Crippen LogP contribution < -0.4 is 0 Å². The van der Waals surface area contributed by atoms with E-state index < -0.39 is 6.43 Å². The molecule has 0 radical (unpaired) electrons. The van der Waals surface area contributed by atoms with Crippen LogP contribution in [0.25, 0.3) is 0 Å². The molecule has 0 unspecified atom stereocenters. The van der Waals surface area contributed by atoms with Crippen molar-refractivity contribution in [2.45, 2.75) is 19.3 Å². The van der Waals surface area contributed by atoms with Crippen molar-refractivity contribution >= 4 is 11.8 Å². The number of piperidine rings is 1. The van der Waals surface area contributed by atoms with E-state index in [2.05, 4.69) is 0 Å². The van der Waals surface area contributed by atoms with Crippen LogP contribution in [0.5, 0.6) is 0 Å². The summed E-state index contributed by atoms with van der Waals surface area (Å²) in [4.78, 5) is 28.5. The van der Waals surface area contributed by atoms with E-state index in [1.807, 2.05) is 4.90 Å². The van der Waals surface area contributed by atoms with Gasteiger partial charge in [0.1, 0.15) is 0 Å². The van der Waals surface area contributed by atoms with E-state index in [4.69, 9.17) is 4.74 Å². The van der Waals surface area contributed by atoms with Crippen molar-refractivity contribution in [1.29, 1.82) is 0 Å². The second kappa shape index (κ2) is 7.91. The molecule has 0 aliphatic carbocycles. The molecule has 2 aliphatic rings. The maximum Gasteiger partial charge on any atom is 0.263 e. The summed E-state index contributed by atoms with van der Waals surface area (Å²) in [6.07, 6.45) is -1.38. The van der Waals surface area contributed by atoms with Gasteiger partial charge >= 0.3 is 0 Å². The summed E-state index contributed by atoms with van der Waals surface area (Å²) in [6, 6.07) is 5.59. The number of morpholine rings is 1. The smallest absolute Gasteiger partial charge is 0.263 e. The van der Waals surface area contributed by atoms with Gasteiger partial charge in [0.15, 0.2) is 0 Å². The standard InChI is InChI=1S/C18H22F2N2O3/c19-16(20)14-2-1-3-15(12-14)18(24)21-6-4-13(5-7-21)17(23)22-8-10-25-11-9-22/h1-3,12-13,16H,4-11H2. The van der Waals surface area contributed by atoms with Crippen molar-refractivity contribution in [3.63, 3.8) is 0 Å². The van der Waals surface area contributed by atoms with E-state index in [1.165, 1.54) is 18.2 Å². The zero-order valence-corrected chi connectivity index (χ0v) is 14.0. The number of halogens is 2. The first-order valence-corrected chi connectivity index (χ1v) is 8.60. The molecule has 1 aromatic carbocycles. The van der Waals surface area contributed by atoms with Gasteiger partial charge < -0.3 is 14.5 Å². The van der Waals surface area contributed by atoms with E-state index in [0.29, 0.717) is 52.2 Å². The third-order valence-corrected chi connectivity index (χ3v) is 4.84. The highest BCUT2D eigenvalue weighted by Crippen LogP contribution is 2.24. The molecule has 2 heterocycles. The number of likely N-dealkylation sites (tertiary alicyclic amines) is 1. The second-order valence-electron chi connectivity index (χ2n) is 6.43. The quantitative estimate of drug-likeness (QED) is 0.839. The maximum atomic E-state index is 12.8. The molecule has 2 aliphatic heterocycles. The first-order valence-electron chi connectivity index (χ1n) is 8.60. The van der Waals surface area contributed by atoms with Crippen LogP contribution in [0, 0.1) is 5.92 Å². The van der Waals surface area contributed by atoms with Crippen LogP contribution in [-0.2, 0) is 9.53 Å². The van der Waals surface area contributed by atoms with Crippen LogP contribution in [-0.4, -0.2) is 61.0 Å². The summed E-state index contributed by atoms with van der Waals surface area (Å²) in [5.41, 5.74) is 0.124. The molecule has 0 spiro atoms. The van der Waals surface area contributed by atoms with Crippen molar-refractivity contribution in [2.75, 3.05) is 39.4 Å². The monoisotopic (exact) mass is 352 g/mol. The predicted molar refractivity (Wildman–Crippen MR) is 87.4 cm³/mol. The third-order valence-electron chi connectivity index (χ3n) is 4.84. The van der Waals surface area contributed by atoms with Crippen LogP contribution in [0.15, 0.2) is 24.3 Å². The Hall–Kier alpha value is -2.02. The third kappa shape index (κ3) is 4.15. The number of hydrogen-bond donors (Lipinski definition) is 0. The zero-order valence-electron chi connectivity index (χ0n) is 14.0. The summed E-state index contributed by atoms with van der Waals surface area (Å²) in [6.45, 7) is 3.33. The van der Waals surface area contributed by atoms with Crippen molar-refractivity contribution in [3.05, 3.63) is 35.4 Å². The van der Waals surface area contributed by atoms with Gasteiger partial charge in [-0.3, -0.25) is 9.59 Å². The molecule has 25 heavy (non-hydrogen) atoms. The Bertz CT molecular complexity index is 625. The van der Waals surface area contributed by atoms with E-state index in [-0.39, 0.29) is 28.9 Å². The van der Waals surface area contributed by atoms with Crippen LogP contribution in [0.4, 0.5) is 8.78 Å². The lowest BCUT2D eigenvalue weighted by Gasteiger charge is -2.35. The lowest BCUT2D eigenvalue weighted by Crippen LogP contribution is -2.47. The molecular weight excluding hydrogens is 330 g/mol. The van der Waals surface area contributed by atoms with E-state index in [0.717, 1.165) is 0 Å². The van der Waals surface area contributed by atoms with Crippen LogP contribution in [0.2, 0.25) is 0 Å². The van der Waals surface area contributed by atoms with Gasteiger partial charge in [-0.25, -0.2) is 8.78 Å². The number of hydrogen-bond acceptors (Lipinski definition) is 3. The molecule has 0 bridgehead atoms. The Labute approximate surface area is 145 Å². The van der Waals surface area contributed by atoms with Crippen molar-refractivity contribution < 1.29 is 23.1 Å². The van der Waals surface area contributed by atoms with Crippen LogP contribution in [0.3, 0.4) is 0 Å². The van der Waals surface area contributed by atoms with E-state index >= 15 is 0 Å². The van der Waals surface area contributed by atoms with Gasteiger partial charge in [-0.2, -0.15) is 0 Å². The molecule has 0 atom stereocenters. The van der Waals surface area contributed by atoms with E-state index in [9.17, 15) is 18.4 Å². The summed E-state index contributed by atoms with van der Waals surface area (Å²) >= 11 is 0. The van der Waals surface area contributed by atoms with Gasteiger partial charge in [-0.1, -0.05) is 12.1 Å². The number of benzene rings is 1. The van der Waals surface area contributed by atoms with Gasteiger partial charge in [0.2, 0.25) is 5.91 Å². The van der Waals surface area contributed by atoms with Gasteiger partial charge in [0.25, 0.3) is 12.3 Å². The fraction of sp³-hybridized carbons (Fsp3) is 0.556. The predicted octanol–water partition coefficient (Wildman–Crippen LogP) is 2.34. The lowest BCUT2D eigenvalue weighted by molar-refractivity contribution is -0.141. The highest BCUT2D eigenvalue weighted by atomic mass is 19.3. The molecule has 136 valence electrons. The van der Waals surface area contributed by atoms with Crippen molar-refractivity contribution in [2.24, 2.45) is 5.92 Å². The number of nitrogens with zero attached hydrogens (tertiary/aromatic N) is 2. The molecular formula is C18H22F2N2O3. The highest BCUT2D eigenvalue weighted by Gasteiger charge is 2.31. The Morgan fingerprint density at radius 3 is 2.36 bits per heavy atom. The number of alkyl halides is 2. The Morgan fingerprint density at radius 1 is 1.04 bits per heavy atom. The average molecular weight is 352 g/mol. The molecule has 2 fully saturated rings. The van der Waals surface area contributed by atoms with Gasteiger partial charge in [0.05, 0.1) is 13.2 Å². The number of ether oxygens (including phenoxy) is 1. The molecule has 0 N–H and O–H groups in total. The summed E-state index contributed by atoms with van der Waals surface area (Å²) < 4.78 is 30.8. The van der Waals surface area contributed by atoms with Crippen molar-refractivity contribution in [3.8, 4) is 0 Å². The van der Waals surface area contributed by atoms with Crippen LogP contribution in [0.1, 0.15) is 35.2 Å². The van der Waals surface area contributed by atoms with Gasteiger partial charge in [0, 0.05) is 43.2 Å². The van der Waals surface area contributed by atoms with Crippen molar-refractivity contribution in [1.82, 2.24) is 9.80 Å². The molecule has 1 aromatic rings. The summed E-state index contributed by atoms with van der Waals surface area (Å²) in [5.74, 6) is -0.190. The number of rotatable bonds is 3. The SMILES string of the molecule is O=C(c1cccc(C(F)F)c1)N1CCC(C(=O)N2CCOCC2)CC1. The summed E-state index contributed by atoms with van der Waals surface area (Å²) in [7, 11) is 0.